The summed E-state index contributed by atoms with van der Waals surface area (Å²) in [6.07, 6.45) is 6.11. The van der Waals surface area contributed by atoms with Crippen LogP contribution in [0.25, 0.3) is 0 Å². The number of aliphatic imine (C=N–C) groups is 1. The van der Waals surface area contributed by atoms with Gasteiger partial charge in [0.25, 0.3) is 0 Å². The summed E-state index contributed by atoms with van der Waals surface area (Å²) in [7, 11) is 0. The molecule has 0 aliphatic carbocycles. The van der Waals surface area contributed by atoms with Crippen LogP contribution in [-0.2, 0) is 0 Å². The molecule has 1 aliphatic rings. The van der Waals surface area contributed by atoms with Crippen LogP contribution in [0, 0.1) is 28.7 Å². The Hall–Kier alpha value is -2.18. The van der Waals surface area contributed by atoms with Crippen LogP contribution in [0.1, 0.15) is 25.3 Å². The third-order valence-corrected chi connectivity index (χ3v) is 4.27. The van der Waals surface area contributed by atoms with Gasteiger partial charge in [0.05, 0.1) is 16.9 Å². The summed E-state index contributed by atoms with van der Waals surface area (Å²) < 4.78 is 0. The maximum atomic E-state index is 9.44. The number of thioether (sulfide) groups is 1. The second kappa shape index (κ2) is 7.72. The molecule has 0 spiro atoms. The number of benzene rings is 1. The topological polar surface area (TPSA) is 75.2 Å². The SMILES string of the molecule is CSC(=Nc1ccc(N2CCCC(C)C2)c(C#N)c1)NC#N. The van der Waals surface area contributed by atoms with Crippen LogP contribution >= 0.6 is 11.8 Å². The van der Waals surface area contributed by atoms with E-state index in [4.69, 9.17) is 5.26 Å². The zero-order valence-corrected chi connectivity index (χ0v) is 13.7. The molecule has 1 heterocycles. The van der Waals surface area contributed by atoms with E-state index in [1.54, 1.807) is 6.07 Å². The Bertz CT molecular complexity index is 641. The molecule has 1 aromatic rings. The van der Waals surface area contributed by atoms with Crippen molar-refractivity contribution in [2.24, 2.45) is 10.9 Å². The van der Waals surface area contributed by atoms with Gasteiger partial charge in [0, 0.05) is 13.1 Å². The van der Waals surface area contributed by atoms with Crippen molar-refractivity contribution in [3.8, 4) is 12.3 Å². The van der Waals surface area contributed by atoms with Crippen molar-refractivity contribution in [1.29, 1.82) is 10.5 Å². The Labute approximate surface area is 135 Å². The van der Waals surface area contributed by atoms with Gasteiger partial charge in [-0.05, 0) is 43.2 Å². The highest BCUT2D eigenvalue weighted by molar-refractivity contribution is 8.13. The van der Waals surface area contributed by atoms with Crippen LogP contribution < -0.4 is 10.2 Å². The van der Waals surface area contributed by atoms with Crippen molar-refractivity contribution < 1.29 is 0 Å². The van der Waals surface area contributed by atoms with Gasteiger partial charge < -0.3 is 4.90 Å². The van der Waals surface area contributed by atoms with Crippen molar-refractivity contribution in [2.45, 2.75) is 19.8 Å². The van der Waals surface area contributed by atoms with Crippen LogP contribution in [0.5, 0.6) is 0 Å². The van der Waals surface area contributed by atoms with E-state index in [0.29, 0.717) is 22.3 Å². The van der Waals surface area contributed by atoms with Crippen LogP contribution in [0.15, 0.2) is 23.2 Å². The third kappa shape index (κ3) is 3.93. The Balaban J connectivity index is 2.28. The number of rotatable bonds is 2. The highest BCUT2D eigenvalue weighted by atomic mass is 32.2. The molecule has 114 valence electrons. The van der Waals surface area contributed by atoms with Gasteiger partial charge in [-0.3, -0.25) is 5.32 Å². The average Bonchev–Trinajstić information content (AvgIpc) is 2.54. The second-order valence-electron chi connectivity index (χ2n) is 5.36. The predicted molar refractivity (Wildman–Crippen MR) is 91.1 cm³/mol. The van der Waals surface area contributed by atoms with E-state index >= 15 is 0 Å². The minimum atomic E-state index is 0.519. The number of hydrogen-bond acceptors (Lipinski definition) is 5. The maximum absolute atomic E-state index is 9.44. The molecule has 5 nitrogen and oxygen atoms in total. The van der Waals surface area contributed by atoms with Crippen molar-refractivity contribution in [1.82, 2.24) is 5.32 Å². The number of anilines is 1. The zero-order chi connectivity index (χ0) is 15.9. The quantitative estimate of drug-likeness (QED) is 0.393. The number of nitrogens with one attached hydrogen (secondary N) is 1. The molecular weight excluding hydrogens is 294 g/mol. The monoisotopic (exact) mass is 313 g/mol. The molecular formula is C16H19N5S. The van der Waals surface area contributed by atoms with Gasteiger partial charge in [0.15, 0.2) is 11.4 Å². The number of amidine groups is 1. The van der Waals surface area contributed by atoms with Gasteiger partial charge in [-0.2, -0.15) is 10.5 Å². The van der Waals surface area contributed by atoms with E-state index in [9.17, 15) is 5.26 Å². The largest absolute Gasteiger partial charge is 0.370 e. The van der Waals surface area contributed by atoms with E-state index in [2.05, 4.69) is 28.2 Å². The van der Waals surface area contributed by atoms with E-state index in [1.807, 2.05) is 24.6 Å². The summed E-state index contributed by atoms with van der Waals surface area (Å²) in [6.45, 7) is 4.23. The number of nitrogens with zero attached hydrogens (tertiary/aromatic N) is 4. The average molecular weight is 313 g/mol. The van der Waals surface area contributed by atoms with Gasteiger partial charge in [0.2, 0.25) is 0 Å². The molecule has 1 fully saturated rings. The normalized spacial score (nSPS) is 18.5. The van der Waals surface area contributed by atoms with Crippen molar-refractivity contribution >= 4 is 28.3 Å². The zero-order valence-electron chi connectivity index (χ0n) is 12.8. The molecule has 1 N–H and O–H groups in total. The molecule has 1 unspecified atom stereocenters. The van der Waals surface area contributed by atoms with Crippen molar-refractivity contribution in [2.75, 3.05) is 24.2 Å². The van der Waals surface area contributed by atoms with E-state index in [1.165, 1.54) is 18.2 Å². The van der Waals surface area contributed by atoms with Crippen LogP contribution in [-0.4, -0.2) is 24.5 Å². The minimum absolute atomic E-state index is 0.519. The fraction of sp³-hybridized carbons (Fsp3) is 0.438. The van der Waals surface area contributed by atoms with Gasteiger partial charge >= 0.3 is 0 Å². The molecule has 1 aromatic carbocycles. The first kappa shape index (κ1) is 16.2. The van der Waals surface area contributed by atoms with E-state index in [-0.39, 0.29) is 0 Å². The lowest BCUT2D eigenvalue weighted by Crippen LogP contribution is -2.34. The highest BCUT2D eigenvalue weighted by Gasteiger charge is 2.19. The molecule has 1 aliphatic heterocycles. The van der Waals surface area contributed by atoms with Crippen molar-refractivity contribution in [3.63, 3.8) is 0 Å². The number of nitriles is 2. The first-order chi connectivity index (χ1) is 10.7. The molecule has 22 heavy (non-hydrogen) atoms. The summed E-state index contributed by atoms with van der Waals surface area (Å²) >= 11 is 1.36. The van der Waals surface area contributed by atoms with Crippen molar-refractivity contribution in [3.05, 3.63) is 23.8 Å². The minimum Gasteiger partial charge on any atom is -0.370 e. The first-order valence-electron chi connectivity index (χ1n) is 7.24. The standard InChI is InChI=1S/C16H19N5S/c1-12-4-3-7-21(10-12)15-6-5-14(8-13(15)9-17)20-16(22-2)19-11-18/h5-6,8,12H,3-4,7,10H2,1-2H3,(H,19,20). The smallest absolute Gasteiger partial charge is 0.183 e. The summed E-state index contributed by atoms with van der Waals surface area (Å²) in [5, 5.41) is 21.2. The van der Waals surface area contributed by atoms with Crippen LogP contribution in [0.2, 0.25) is 0 Å². The molecule has 0 bridgehead atoms. The number of piperidine rings is 1. The van der Waals surface area contributed by atoms with Gasteiger partial charge in [-0.1, -0.05) is 18.7 Å². The molecule has 0 aromatic heterocycles. The summed E-state index contributed by atoms with van der Waals surface area (Å²) in [5.41, 5.74) is 2.29. The van der Waals surface area contributed by atoms with Crippen LogP contribution in [0.4, 0.5) is 11.4 Å². The highest BCUT2D eigenvalue weighted by Crippen LogP contribution is 2.29. The Kier molecular flexibility index (Phi) is 5.68. The summed E-state index contributed by atoms with van der Waals surface area (Å²) in [6, 6.07) is 7.90. The Morgan fingerprint density at radius 1 is 1.45 bits per heavy atom. The molecule has 0 saturated carbocycles. The van der Waals surface area contributed by atoms with E-state index in [0.717, 1.165) is 25.2 Å². The predicted octanol–water partition coefficient (Wildman–Crippen LogP) is 3.22. The fourth-order valence-corrected chi connectivity index (χ4v) is 3.00. The molecule has 0 amide bonds. The first-order valence-corrected chi connectivity index (χ1v) is 8.47. The third-order valence-electron chi connectivity index (χ3n) is 3.69. The summed E-state index contributed by atoms with van der Waals surface area (Å²) in [5.74, 6) is 0.654. The molecule has 6 heteroatoms. The lowest BCUT2D eigenvalue weighted by atomic mass is 9.99. The molecule has 2 rings (SSSR count). The lowest BCUT2D eigenvalue weighted by Gasteiger charge is -2.33. The van der Waals surface area contributed by atoms with Gasteiger partial charge in [0.1, 0.15) is 6.07 Å². The fourth-order valence-electron chi connectivity index (χ4n) is 2.66. The second-order valence-corrected chi connectivity index (χ2v) is 6.16. The summed E-state index contributed by atoms with van der Waals surface area (Å²) in [4.78, 5) is 6.63. The van der Waals surface area contributed by atoms with E-state index < -0.39 is 0 Å². The number of hydrogen-bond donors (Lipinski definition) is 1. The van der Waals surface area contributed by atoms with Gasteiger partial charge in [-0.15, -0.1) is 0 Å². The van der Waals surface area contributed by atoms with Crippen LogP contribution in [0.3, 0.4) is 0 Å². The lowest BCUT2D eigenvalue weighted by molar-refractivity contribution is 0.446. The Morgan fingerprint density at radius 2 is 2.27 bits per heavy atom. The molecule has 1 saturated heterocycles. The molecule has 0 radical (unpaired) electrons. The Morgan fingerprint density at radius 3 is 2.91 bits per heavy atom. The maximum Gasteiger partial charge on any atom is 0.183 e. The molecule has 1 atom stereocenters. The van der Waals surface area contributed by atoms with Gasteiger partial charge in [-0.25, -0.2) is 4.99 Å².